The molecule has 3 aromatic rings. The van der Waals surface area contributed by atoms with Gasteiger partial charge in [0, 0.05) is 12.2 Å². The minimum atomic E-state index is -1.26. The van der Waals surface area contributed by atoms with Gasteiger partial charge in [0.05, 0.1) is 20.0 Å². The molecular weight excluding hydrogens is 420 g/mol. The van der Waals surface area contributed by atoms with Crippen LogP contribution in [0.15, 0.2) is 54.9 Å². The molecule has 2 aromatic carbocycles. The fraction of sp³-hybridized carbons (Fsp3) is 0.280. The molecule has 0 aliphatic carbocycles. The van der Waals surface area contributed by atoms with Crippen molar-refractivity contribution >= 4 is 23.5 Å². The Morgan fingerprint density at radius 3 is 2.42 bits per heavy atom. The first-order chi connectivity index (χ1) is 15.7. The zero-order valence-electron chi connectivity index (χ0n) is 19.1. The van der Waals surface area contributed by atoms with E-state index in [2.05, 4.69) is 10.3 Å². The maximum Gasteiger partial charge on any atom is 0.359 e. The lowest BCUT2D eigenvalue weighted by Crippen LogP contribution is -2.64. The monoisotopic (exact) mass is 446 g/mol. The normalized spacial score (nSPS) is 17.5. The predicted octanol–water partition coefficient (Wildman–Crippen LogP) is 3.02. The molecule has 0 unspecified atom stereocenters. The summed E-state index contributed by atoms with van der Waals surface area (Å²) < 4.78 is 6.36. The summed E-state index contributed by atoms with van der Waals surface area (Å²) in [6.45, 7) is 6.05. The van der Waals surface area contributed by atoms with Crippen LogP contribution in [0.1, 0.15) is 44.6 Å². The van der Waals surface area contributed by atoms with E-state index in [1.807, 2.05) is 62.4 Å². The number of nitrogens with zero attached hydrogens (tertiary/aromatic N) is 3. The number of methoxy groups -OCH3 is 1. The molecule has 8 nitrogen and oxygen atoms in total. The molecule has 4 rings (SSSR count). The molecule has 0 radical (unpaired) electrons. The number of aromatic nitrogens is 2. The van der Waals surface area contributed by atoms with Gasteiger partial charge in [-0.1, -0.05) is 36.4 Å². The Hall–Kier alpha value is -3.94. The van der Waals surface area contributed by atoms with Crippen LogP contribution in [0.3, 0.4) is 0 Å². The number of nitrogens with one attached hydrogen (secondary N) is 1. The van der Waals surface area contributed by atoms with Crippen molar-refractivity contribution < 1.29 is 19.1 Å². The number of rotatable bonds is 5. The lowest BCUT2D eigenvalue weighted by molar-refractivity contribution is -0.126. The number of fused-ring (bicyclic) bond motifs is 1. The van der Waals surface area contributed by atoms with E-state index in [0.717, 1.165) is 16.7 Å². The molecule has 2 heterocycles. The highest BCUT2D eigenvalue weighted by Crippen LogP contribution is 2.35. The predicted molar refractivity (Wildman–Crippen MR) is 123 cm³/mol. The lowest BCUT2D eigenvalue weighted by atomic mass is 9.92. The minimum absolute atomic E-state index is 0.0661. The Kier molecular flexibility index (Phi) is 5.76. The van der Waals surface area contributed by atoms with Gasteiger partial charge in [0.25, 0.3) is 5.91 Å². The number of amides is 2. The number of esters is 1. The maximum atomic E-state index is 13.8. The van der Waals surface area contributed by atoms with E-state index in [4.69, 9.17) is 4.74 Å². The van der Waals surface area contributed by atoms with Gasteiger partial charge in [-0.15, -0.1) is 0 Å². The minimum Gasteiger partial charge on any atom is -0.464 e. The van der Waals surface area contributed by atoms with Gasteiger partial charge in [-0.2, -0.15) is 0 Å². The van der Waals surface area contributed by atoms with Crippen LogP contribution in [0.25, 0.3) is 0 Å². The summed E-state index contributed by atoms with van der Waals surface area (Å²) >= 11 is 0. The van der Waals surface area contributed by atoms with Gasteiger partial charge in [-0.3, -0.25) is 14.5 Å². The summed E-state index contributed by atoms with van der Waals surface area (Å²) in [6, 6.07) is 15.3. The van der Waals surface area contributed by atoms with Gasteiger partial charge in [0.15, 0.2) is 5.69 Å². The Bertz CT molecular complexity index is 1210. The molecule has 0 saturated heterocycles. The third-order valence-electron chi connectivity index (χ3n) is 5.84. The highest BCUT2D eigenvalue weighted by molar-refractivity contribution is 6.15. The average Bonchev–Trinajstić information content (AvgIpc) is 3.20. The highest BCUT2D eigenvalue weighted by atomic mass is 16.5. The molecule has 33 heavy (non-hydrogen) atoms. The third-order valence-corrected chi connectivity index (χ3v) is 5.84. The number of ether oxygens (including phenoxy) is 1. The van der Waals surface area contributed by atoms with E-state index in [0.29, 0.717) is 12.2 Å². The zero-order valence-corrected chi connectivity index (χ0v) is 19.1. The van der Waals surface area contributed by atoms with Gasteiger partial charge < -0.3 is 14.6 Å². The van der Waals surface area contributed by atoms with Crippen molar-refractivity contribution in [2.24, 2.45) is 0 Å². The molecule has 1 aliphatic rings. The second kappa shape index (κ2) is 8.54. The molecule has 1 aliphatic heterocycles. The van der Waals surface area contributed by atoms with Crippen LogP contribution in [-0.2, 0) is 22.6 Å². The van der Waals surface area contributed by atoms with Crippen LogP contribution in [-0.4, -0.2) is 40.0 Å². The van der Waals surface area contributed by atoms with Crippen molar-refractivity contribution in [2.45, 2.75) is 39.4 Å². The molecule has 1 N–H and O–H groups in total. The number of hydrogen-bond donors (Lipinski definition) is 1. The van der Waals surface area contributed by atoms with Gasteiger partial charge in [0.1, 0.15) is 11.2 Å². The highest BCUT2D eigenvalue weighted by Gasteiger charge is 2.49. The second-order valence-electron chi connectivity index (χ2n) is 8.49. The first-order valence-electron chi connectivity index (χ1n) is 10.6. The van der Waals surface area contributed by atoms with Crippen LogP contribution < -0.4 is 10.2 Å². The van der Waals surface area contributed by atoms with Gasteiger partial charge >= 0.3 is 5.97 Å². The molecule has 1 aromatic heterocycles. The van der Waals surface area contributed by atoms with Crippen LogP contribution in [0, 0.1) is 13.8 Å². The first kappa shape index (κ1) is 22.3. The summed E-state index contributed by atoms with van der Waals surface area (Å²) in [5.41, 5.74) is 2.23. The molecule has 0 bridgehead atoms. The molecule has 0 saturated carbocycles. The number of carbonyl (C=O) groups excluding carboxylic acids is 3. The van der Waals surface area contributed by atoms with Crippen molar-refractivity contribution in [3.63, 3.8) is 0 Å². The Labute approximate surface area is 192 Å². The Morgan fingerprint density at radius 1 is 1.12 bits per heavy atom. The van der Waals surface area contributed by atoms with Crippen molar-refractivity contribution in [3.05, 3.63) is 82.9 Å². The largest absolute Gasteiger partial charge is 0.464 e. The van der Waals surface area contributed by atoms with E-state index in [9.17, 15) is 14.4 Å². The smallest absolute Gasteiger partial charge is 0.359 e. The van der Waals surface area contributed by atoms with E-state index in [1.165, 1.54) is 18.3 Å². The van der Waals surface area contributed by atoms with Crippen molar-refractivity contribution in [1.82, 2.24) is 14.9 Å². The van der Waals surface area contributed by atoms with Crippen LogP contribution >= 0.6 is 0 Å². The molecule has 0 fully saturated rings. The van der Waals surface area contributed by atoms with Gasteiger partial charge in [-0.25, -0.2) is 9.78 Å². The van der Waals surface area contributed by atoms with Gasteiger partial charge in [-0.05, 0) is 49.6 Å². The molecular formula is C25H26N4O4. The molecule has 0 spiro atoms. The Morgan fingerprint density at radius 2 is 1.79 bits per heavy atom. The molecule has 170 valence electrons. The number of imidazole rings is 1. The van der Waals surface area contributed by atoms with Crippen LogP contribution in [0.4, 0.5) is 5.69 Å². The fourth-order valence-corrected chi connectivity index (χ4v) is 4.33. The lowest BCUT2D eigenvalue weighted by Gasteiger charge is -2.43. The van der Waals surface area contributed by atoms with E-state index >= 15 is 0 Å². The first-order valence-corrected chi connectivity index (χ1v) is 10.6. The van der Waals surface area contributed by atoms with Gasteiger partial charge in [0.2, 0.25) is 5.91 Å². The fourth-order valence-electron chi connectivity index (χ4n) is 4.33. The third kappa shape index (κ3) is 4.00. The number of carbonyl (C=O) groups is 3. The van der Waals surface area contributed by atoms with E-state index in [1.54, 1.807) is 11.5 Å². The summed E-state index contributed by atoms with van der Waals surface area (Å²) in [5, 5.41) is 2.97. The number of anilines is 1. The quantitative estimate of drug-likeness (QED) is 0.608. The van der Waals surface area contributed by atoms with Crippen LogP contribution in [0.2, 0.25) is 0 Å². The van der Waals surface area contributed by atoms with E-state index in [-0.39, 0.29) is 23.8 Å². The summed E-state index contributed by atoms with van der Waals surface area (Å²) in [7, 11) is 1.24. The van der Waals surface area contributed by atoms with Crippen molar-refractivity contribution in [3.8, 4) is 0 Å². The SMILES string of the molecule is COC(=O)c1ncn2c1C(=O)N(c1cc(C)cc(C)c1)[C@@](C)(C(=O)NCc1ccccc1)C2. The van der Waals surface area contributed by atoms with Crippen LogP contribution in [0.5, 0.6) is 0 Å². The topological polar surface area (TPSA) is 93.5 Å². The molecule has 1 atom stereocenters. The number of aryl methyl sites for hydroxylation is 2. The van der Waals surface area contributed by atoms with Crippen molar-refractivity contribution in [1.29, 1.82) is 0 Å². The molecule has 8 heteroatoms. The summed E-state index contributed by atoms with van der Waals surface area (Å²) in [5.74, 6) is -1.49. The zero-order chi connectivity index (χ0) is 23.8. The van der Waals surface area contributed by atoms with E-state index < -0.39 is 17.4 Å². The average molecular weight is 447 g/mol. The summed E-state index contributed by atoms with van der Waals surface area (Å²) in [4.78, 5) is 45.2. The number of benzene rings is 2. The second-order valence-corrected chi connectivity index (χ2v) is 8.49. The summed E-state index contributed by atoms with van der Waals surface area (Å²) in [6.07, 6.45) is 1.40. The molecule has 2 amide bonds. The number of hydrogen-bond acceptors (Lipinski definition) is 5. The Balaban J connectivity index is 1.79. The maximum absolute atomic E-state index is 13.8. The van der Waals surface area contributed by atoms with Crippen molar-refractivity contribution in [2.75, 3.05) is 12.0 Å². The standard InChI is InChI=1S/C25H26N4O4/c1-16-10-17(2)12-19(11-16)29-22(30)21-20(23(31)33-4)27-15-28(21)14-25(29,3)24(32)26-13-18-8-6-5-7-9-18/h5-12,15H,13-14H2,1-4H3,(H,26,32)/t25-/m1/s1.